The molecule has 3 N–H and O–H groups in total. The lowest BCUT2D eigenvalue weighted by molar-refractivity contribution is -0.192. The molecular formula is C17H16F3N5O4S. The Morgan fingerprint density at radius 3 is 2.20 bits per heavy atom. The number of alkyl halides is 3. The second kappa shape index (κ2) is 9.97. The molecule has 1 aliphatic rings. The second-order valence-electron chi connectivity index (χ2n) is 6.05. The first kappa shape index (κ1) is 23.0. The number of hydrogen-bond donors (Lipinski definition) is 3. The van der Waals surface area contributed by atoms with E-state index in [0.29, 0.717) is 15.8 Å². The number of carboxylic acid groups (broad SMARTS) is 2. The van der Waals surface area contributed by atoms with E-state index >= 15 is 0 Å². The number of carbonyl (C=O) groups is 2. The largest absolute Gasteiger partial charge is 0.490 e. The van der Waals surface area contributed by atoms with Crippen molar-refractivity contribution in [2.24, 2.45) is 0 Å². The third-order valence-corrected chi connectivity index (χ3v) is 5.36. The molecule has 0 spiro atoms. The van der Waals surface area contributed by atoms with Crippen LogP contribution < -0.4 is 4.90 Å². The van der Waals surface area contributed by atoms with Gasteiger partial charge in [-0.25, -0.2) is 9.59 Å². The Morgan fingerprint density at radius 2 is 1.73 bits per heavy atom. The molecule has 0 amide bonds. The molecule has 1 fully saturated rings. The van der Waals surface area contributed by atoms with Crippen LogP contribution in [0.3, 0.4) is 0 Å². The molecule has 0 saturated carbocycles. The van der Waals surface area contributed by atoms with Gasteiger partial charge in [0.2, 0.25) is 5.69 Å². The fourth-order valence-electron chi connectivity index (χ4n) is 2.58. The number of benzene rings is 1. The number of nitrogens with one attached hydrogen (secondary N) is 1. The van der Waals surface area contributed by atoms with Crippen molar-refractivity contribution in [1.82, 2.24) is 15.4 Å². The van der Waals surface area contributed by atoms with Gasteiger partial charge in [0.15, 0.2) is 5.03 Å². The van der Waals surface area contributed by atoms with Gasteiger partial charge in [-0.3, -0.25) is 0 Å². The summed E-state index contributed by atoms with van der Waals surface area (Å²) in [5.74, 6) is -3.82. The predicted octanol–water partition coefficient (Wildman–Crippen LogP) is 2.77. The molecule has 0 radical (unpaired) electrons. The first-order valence-corrected chi connectivity index (χ1v) is 9.35. The second-order valence-corrected chi connectivity index (χ2v) is 7.34. The van der Waals surface area contributed by atoms with Gasteiger partial charge in [0, 0.05) is 24.0 Å². The number of carboxylic acids is 2. The highest BCUT2D eigenvalue weighted by Gasteiger charge is 2.38. The number of anilines is 1. The van der Waals surface area contributed by atoms with Gasteiger partial charge in [-0.2, -0.15) is 23.6 Å². The van der Waals surface area contributed by atoms with E-state index in [1.165, 1.54) is 11.8 Å². The maximum atomic E-state index is 11.0. The lowest BCUT2D eigenvalue weighted by Crippen LogP contribution is -2.34. The summed E-state index contributed by atoms with van der Waals surface area (Å²) in [4.78, 5) is 22.2. The van der Waals surface area contributed by atoms with Gasteiger partial charge in [0.1, 0.15) is 0 Å². The lowest BCUT2D eigenvalue weighted by atomic mass is 10.1. The SMILES string of the molecule is N#Cc1ccc(N2CCC(Sc3n[nH]nc3C(=O)O)CC2)cc1.O=C(O)C(F)(F)F. The Bertz CT molecular complexity index is 919. The van der Waals surface area contributed by atoms with Crippen LogP contribution in [0.1, 0.15) is 28.9 Å². The molecule has 0 unspecified atom stereocenters. The molecule has 2 aromatic rings. The molecule has 1 saturated heterocycles. The number of H-pyrrole nitrogens is 1. The van der Waals surface area contributed by atoms with E-state index in [2.05, 4.69) is 26.4 Å². The van der Waals surface area contributed by atoms with E-state index in [-0.39, 0.29) is 5.69 Å². The smallest absolute Gasteiger partial charge is 0.476 e. The van der Waals surface area contributed by atoms with Crippen molar-refractivity contribution >= 4 is 29.4 Å². The molecule has 2 heterocycles. The number of thioether (sulfide) groups is 1. The van der Waals surface area contributed by atoms with Gasteiger partial charge in [0.05, 0.1) is 11.6 Å². The Kier molecular flexibility index (Phi) is 7.65. The fraction of sp³-hybridized carbons (Fsp3) is 0.353. The molecule has 9 nitrogen and oxygen atoms in total. The molecular weight excluding hydrogens is 427 g/mol. The molecule has 3 rings (SSSR count). The van der Waals surface area contributed by atoms with Crippen LogP contribution in [0.4, 0.5) is 18.9 Å². The van der Waals surface area contributed by atoms with Crippen molar-refractivity contribution in [3.8, 4) is 6.07 Å². The van der Waals surface area contributed by atoms with E-state index in [1.807, 2.05) is 24.3 Å². The summed E-state index contributed by atoms with van der Waals surface area (Å²) in [6.45, 7) is 1.79. The third kappa shape index (κ3) is 6.38. The van der Waals surface area contributed by atoms with E-state index in [4.69, 9.17) is 20.3 Å². The van der Waals surface area contributed by atoms with Gasteiger partial charge in [0.25, 0.3) is 0 Å². The Morgan fingerprint density at radius 1 is 1.17 bits per heavy atom. The van der Waals surface area contributed by atoms with Gasteiger partial charge >= 0.3 is 18.1 Å². The molecule has 13 heteroatoms. The maximum Gasteiger partial charge on any atom is 0.490 e. The van der Waals surface area contributed by atoms with Crippen LogP contribution in [0.2, 0.25) is 0 Å². The molecule has 0 aliphatic carbocycles. The van der Waals surface area contributed by atoms with Crippen LogP contribution in [0.15, 0.2) is 29.3 Å². The topological polar surface area (TPSA) is 143 Å². The van der Waals surface area contributed by atoms with Gasteiger partial charge in [-0.15, -0.1) is 10.2 Å². The summed E-state index contributed by atoms with van der Waals surface area (Å²) >= 11 is 1.47. The van der Waals surface area contributed by atoms with Gasteiger partial charge in [-0.1, -0.05) is 11.8 Å². The summed E-state index contributed by atoms with van der Waals surface area (Å²) in [6.07, 6.45) is -3.20. The number of rotatable bonds is 4. The monoisotopic (exact) mass is 443 g/mol. The molecule has 160 valence electrons. The zero-order valence-electron chi connectivity index (χ0n) is 15.3. The number of piperidine rings is 1. The minimum absolute atomic E-state index is 0.00970. The fourth-order valence-corrected chi connectivity index (χ4v) is 3.68. The Balaban J connectivity index is 0.000000396. The van der Waals surface area contributed by atoms with Crippen LogP contribution in [-0.4, -0.2) is 62.1 Å². The van der Waals surface area contributed by atoms with E-state index in [0.717, 1.165) is 31.6 Å². The first-order valence-electron chi connectivity index (χ1n) is 8.47. The molecule has 0 bridgehead atoms. The van der Waals surface area contributed by atoms with Crippen LogP contribution in [0.25, 0.3) is 0 Å². The minimum atomic E-state index is -5.08. The minimum Gasteiger partial charge on any atom is -0.476 e. The molecule has 1 aromatic carbocycles. The standard InChI is InChI=1S/C15H15N5O2S.C2HF3O2/c16-9-10-1-3-11(4-2-10)20-7-5-12(6-8-20)23-14-13(15(21)22)17-19-18-14;3-2(4,5)1(6)7/h1-4,12H,5-8H2,(H,21,22)(H,17,18,19);(H,6,7). The average molecular weight is 443 g/mol. The number of aromatic amines is 1. The summed E-state index contributed by atoms with van der Waals surface area (Å²) in [5, 5.41) is 35.8. The summed E-state index contributed by atoms with van der Waals surface area (Å²) in [6, 6.07) is 9.69. The summed E-state index contributed by atoms with van der Waals surface area (Å²) in [5.41, 5.74) is 1.76. The third-order valence-electron chi connectivity index (χ3n) is 4.04. The van der Waals surface area contributed by atoms with Gasteiger partial charge in [-0.05, 0) is 37.1 Å². The van der Waals surface area contributed by atoms with Crippen molar-refractivity contribution in [2.75, 3.05) is 18.0 Å². The zero-order valence-corrected chi connectivity index (χ0v) is 16.1. The Labute approximate surface area is 172 Å². The van der Waals surface area contributed by atoms with Crippen molar-refractivity contribution < 1.29 is 33.0 Å². The number of halogens is 3. The van der Waals surface area contributed by atoms with Crippen molar-refractivity contribution in [3.05, 3.63) is 35.5 Å². The number of aromatic carboxylic acids is 1. The van der Waals surface area contributed by atoms with Crippen LogP contribution in [0, 0.1) is 11.3 Å². The van der Waals surface area contributed by atoms with Gasteiger partial charge < -0.3 is 15.1 Å². The first-order chi connectivity index (χ1) is 14.1. The number of nitrogens with zero attached hydrogens (tertiary/aromatic N) is 4. The molecule has 30 heavy (non-hydrogen) atoms. The normalized spacial score (nSPS) is 14.4. The number of aliphatic carboxylic acids is 1. The zero-order chi connectivity index (χ0) is 22.3. The summed E-state index contributed by atoms with van der Waals surface area (Å²) in [7, 11) is 0. The summed E-state index contributed by atoms with van der Waals surface area (Å²) < 4.78 is 31.7. The van der Waals surface area contributed by atoms with Crippen molar-refractivity contribution in [1.29, 1.82) is 5.26 Å². The number of aromatic nitrogens is 3. The predicted molar refractivity (Wildman–Crippen MR) is 99.3 cm³/mol. The highest BCUT2D eigenvalue weighted by Crippen LogP contribution is 2.32. The molecule has 0 atom stereocenters. The average Bonchev–Trinajstić information content (AvgIpc) is 3.17. The number of hydrogen-bond acceptors (Lipinski definition) is 7. The highest BCUT2D eigenvalue weighted by atomic mass is 32.2. The highest BCUT2D eigenvalue weighted by molar-refractivity contribution is 7.99. The van der Waals surface area contributed by atoms with E-state index in [1.54, 1.807) is 0 Å². The maximum absolute atomic E-state index is 11.0. The quantitative estimate of drug-likeness (QED) is 0.650. The van der Waals surface area contributed by atoms with E-state index in [9.17, 15) is 18.0 Å². The van der Waals surface area contributed by atoms with Crippen molar-refractivity contribution in [3.63, 3.8) is 0 Å². The molecule has 1 aromatic heterocycles. The van der Waals surface area contributed by atoms with Crippen LogP contribution >= 0.6 is 11.8 Å². The van der Waals surface area contributed by atoms with Crippen LogP contribution in [-0.2, 0) is 4.79 Å². The lowest BCUT2D eigenvalue weighted by Gasteiger charge is -2.33. The Hall–Kier alpha value is -3.27. The van der Waals surface area contributed by atoms with Crippen molar-refractivity contribution in [2.45, 2.75) is 29.3 Å². The van der Waals surface area contributed by atoms with Crippen LogP contribution in [0.5, 0.6) is 0 Å². The number of nitriles is 1. The molecule has 1 aliphatic heterocycles. The van der Waals surface area contributed by atoms with E-state index < -0.39 is 18.1 Å².